The summed E-state index contributed by atoms with van der Waals surface area (Å²) in [6.07, 6.45) is 3.18. The number of benzene rings is 2. The summed E-state index contributed by atoms with van der Waals surface area (Å²) in [5.41, 5.74) is 0.438. The van der Waals surface area contributed by atoms with Gasteiger partial charge in [-0.05, 0) is 58.4 Å². The van der Waals surface area contributed by atoms with Gasteiger partial charge in [0.1, 0.15) is 17.4 Å². The second kappa shape index (κ2) is 9.49. The number of hydrogen-bond acceptors (Lipinski definition) is 4. The molecule has 0 saturated carbocycles. The normalized spacial score (nSPS) is 10.9. The van der Waals surface area contributed by atoms with Crippen molar-refractivity contribution in [3.05, 3.63) is 93.3 Å². The van der Waals surface area contributed by atoms with Gasteiger partial charge in [0.05, 0.1) is 11.0 Å². The second-order valence-corrected chi connectivity index (χ2v) is 7.91. The molecule has 4 aromatic rings. The molecule has 0 fully saturated rings. The monoisotopic (exact) mass is 521 g/mol. The SMILES string of the molecule is O=C(Nc1nn(Cc2c(F)cccc2Cl)cc1Br)c1ccn(COc2ccc(F)cc2)n1. The molecule has 11 heteroatoms. The Hall–Kier alpha value is -3.24. The number of ether oxygens (including phenoxy) is 1. The number of anilines is 1. The van der Waals surface area contributed by atoms with Gasteiger partial charge in [-0.2, -0.15) is 10.2 Å². The lowest BCUT2D eigenvalue weighted by atomic mass is 10.2. The Morgan fingerprint density at radius 2 is 1.88 bits per heavy atom. The van der Waals surface area contributed by atoms with E-state index in [1.807, 2.05) is 0 Å². The molecule has 0 aliphatic heterocycles. The fourth-order valence-corrected chi connectivity index (χ4v) is 3.44. The molecule has 0 aliphatic carbocycles. The van der Waals surface area contributed by atoms with Crippen molar-refractivity contribution in [3.8, 4) is 5.75 Å². The van der Waals surface area contributed by atoms with Crippen LogP contribution in [0.4, 0.5) is 14.6 Å². The standard InChI is InChI=1S/C21H15BrClF2N5O2/c22-16-11-30(10-15-17(23)2-1-3-18(15)25)28-20(16)26-21(31)19-8-9-29(27-19)12-32-14-6-4-13(24)5-7-14/h1-9,11H,10,12H2,(H,26,28,31). The van der Waals surface area contributed by atoms with Gasteiger partial charge in [-0.3, -0.25) is 9.48 Å². The molecule has 0 bridgehead atoms. The summed E-state index contributed by atoms with van der Waals surface area (Å²) in [7, 11) is 0. The highest BCUT2D eigenvalue weighted by Crippen LogP contribution is 2.24. The number of nitrogens with one attached hydrogen (secondary N) is 1. The maximum atomic E-state index is 14.0. The average molecular weight is 523 g/mol. The van der Waals surface area contributed by atoms with E-state index in [4.69, 9.17) is 16.3 Å². The summed E-state index contributed by atoms with van der Waals surface area (Å²) in [6, 6.07) is 11.5. The lowest BCUT2D eigenvalue weighted by molar-refractivity contribution is 0.101. The molecule has 0 unspecified atom stereocenters. The molecular weight excluding hydrogens is 508 g/mol. The molecule has 2 aromatic heterocycles. The summed E-state index contributed by atoms with van der Waals surface area (Å²) in [4.78, 5) is 12.5. The summed E-state index contributed by atoms with van der Waals surface area (Å²) >= 11 is 9.40. The van der Waals surface area contributed by atoms with Crippen LogP contribution in [0.15, 0.2) is 65.4 Å². The molecule has 0 radical (unpaired) electrons. The Morgan fingerprint density at radius 1 is 1.09 bits per heavy atom. The summed E-state index contributed by atoms with van der Waals surface area (Å²) < 4.78 is 35.9. The van der Waals surface area contributed by atoms with Gasteiger partial charge >= 0.3 is 0 Å². The van der Waals surface area contributed by atoms with Crippen molar-refractivity contribution < 1.29 is 18.3 Å². The topological polar surface area (TPSA) is 74.0 Å². The number of nitrogens with zero attached hydrogens (tertiary/aromatic N) is 4. The third kappa shape index (κ3) is 5.14. The Morgan fingerprint density at radius 3 is 2.62 bits per heavy atom. The molecule has 2 heterocycles. The molecule has 1 amide bonds. The molecule has 2 aromatic carbocycles. The number of carbonyl (C=O) groups is 1. The van der Waals surface area contributed by atoms with Gasteiger partial charge in [0.15, 0.2) is 18.2 Å². The first-order chi connectivity index (χ1) is 15.4. The van der Waals surface area contributed by atoms with E-state index in [0.717, 1.165) is 0 Å². The van der Waals surface area contributed by atoms with Gasteiger partial charge in [-0.1, -0.05) is 17.7 Å². The van der Waals surface area contributed by atoms with Crippen LogP contribution in [0.3, 0.4) is 0 Å². The van der Waals surface area contributed by atoms with Gasteiger partial charge in [-0.25, -0.2) is 13.5 Å². The quantitative estimate of drug-likeness (QED) is 0.366. The van der Waals surface area contributed by atoms with Crippen molar-refractivity contribution in [1.29, 1.82) is 0 Å². The second-order valence-electron chi connectivity index (χ2n) is 6.65. The molecule has 0 atom stereocenters. The molecule has 1 N–H and O–H groups in total. The molecule has 4 rings (SSSR count). The van der Waals surface area contributed by atoms with E-state index in [1.165, 1.54) is 51.8 Å². The molecule has 0 spiro atoms. The number of carbonyl (C=O) groups excluding carboxylic acids is 1. The first kappa shape index (κ1) is 22.0. The van der Waals surface area contributed by atoms with Crippen LogP contribution in [0, 0.1) is 11.6 Å². The molecule has 164 valence electrons. The van der Waals surface area contributed by atoms with Crippen molar-refractivity contribution in [3.63, 3.8) is 0 Å². The van der Waals surface area contributed by atoms with Crippen molar-refractivity contribution in [2.75, 3.05) is 5.32 Å². The minimum atomic E-state index is -0.486. The van der Waals surface area contributed by atoms with Crippen LogP contribution in [-0.4, -0.2) is 25.5 Å². The third-order valence-electron chi connectivity index (χ3n) is 4.38. The zero-order valence-electron chi connectivity index (χ0n) is 16.3. The first-order valence-electron chi connectivity index (χ1n) is 9.28. The predicted molar refractivity (Wildman–Crippen MR) is 118 cm³/mol. The van der Waals surface area contributed by atoms with Crippen LogP contribution in [0.1, 0.15) is 16.1 Å². The molecule has 0 aliphatic rings. The van der Waals surface area contributed by atoms with Crippen molar-refractivity contribution in [2.24, 2.45) is 0 Å². The van der Waals surface area contributed by atoms with E-state index >= 15 is 0 Å². The lowest BCUT2D eigenvalue weighted by Gasteiger charge is -2.06. The van der Waals surface area contributed by atoms with Crippen LogP contribution >= 0.6 is 27.5 Å². The van der Waals surface area contributed by atoms with Crippen molar-refractivity contribution >= 4 is 39.3 Å². The largest absolute Gasteiger partial charge is 0.471 e. The maximum absolute atomic E-state index is 14.0. The average Bonchev–Trinajstić information content (AvgIpc) is 3.37. The Balaban J connectivity index is 1.39. The molecular formula is C21H15BrClF2N5O2. The van der Waals surface area contributed by atoms with Gasteiger partial charge in [0.25, 0.3) is 5.91 Å². The minimum Gasteiger partial charge on any atom is -0.471 e. The highest BCUT2D eigenvalue weighted by molar-refractivity contribution is 9.10. The zero-order valence-corrected chi connectivity index (χ0v) is 18.6. The van der Waals surface area contributed by atoms with Gasteiger partial charge in [-0.15, -0.1) is 0 Å². The Kier molecular flexibility index (Phi) is 6.52. The number of amides is 1. The summed E-state index contributed by atoms with van der Waals surface area (Å²) in [5.74, 6) is -0.568. The van der Waals surface area contributed by atoms with E-state index in [9.17, 15) is 13.6 Å². The van der Waals surface area contributed by atoms with E-state index in [0.29, 0.717) is 15.8 Å². The fourth-order valence-electron chi connectivity index (χ4n) is 2.81. The zero-order chi connectivity index (χ0) is 22.7. The van der Waals surface area contributed by atoms with Gasteiger partial charge < -0.3 is 10.1 Å². The molecule has 0 saturated heterocycles. The van der Waals surface area contributed by atoms with Crippen LogP contribution in [0.2, 0.25) is 5.02 Å². The van der Waals surface area contributed by atoms with E-state index in [2.05, 4.69) is 31.4 Å². The molecule has 32 heavy (non-hydrogen) atoms. The first-order valence-corrected chi connectivity index (χ1v) is 10.4. The van der Waals surface area contributed by atoms with Crippen LogP contribution < -0.4 is 10.1 Å². The van der Waals surface area contributed by atoms with E-state index in [-0.39, 0.29) is 35.6 Å². The van der Waals surface area contributed by atoms with Crippen LogP contribution in [-0.2, 0) is 13.3 Å². The van der Waals surface area contributed by atoms with E-state index < -0.39 is 11.7 Å². The van der Waals surface area contributed by atoms with Gasteiger partial charge in [0.2, 0.25) is 0 Å². The van der Waals surface area contributed by atoms with Crippen molar-refractivity contribution in [1.82, 2.24) is 19.6 Å². The number of halogens is 4. The predicted octanol–water partition coefficient (Wildman–Crippen LogP) is 5.11. The Labute approximate surface area is 194 Å². The van der Waals surface area contributed by atoms with Crippen molar-refractivity contribution in [2.45, 2.75) is 13.3 Å². The Bertz CT molecular complexity index is 1240. The minimum absolute atomic E-state index is 0.0423. The smallest absolute Gasteiger partial charge is 0.277 e. The third-order valence-corrected chi connectivity index (χ3v) is 5.32. The highest BCUT2D eigenvalue weighted by atomic mass is 79.9. The van der Waals surface area contributed by atoms with Gasteiger partial charge in [0, 0.05) is 23.0 Å². The number of hydrogen-bond donors (Lipinski definition) is 1. The van der Waals surface area contributed by atoms with Crippen LogP contribution in [0.5, 0.6) is 5.75 Å². The lowest BCUT2D eigenvalue weighted by Crippen LogP contribution is -2.15. The summed E-state index contributed by atoms with van der Waals surface area (Å²) in [5, 5.41) is 11.4. The summed E-state index contributed by atoms with van der Waals surface area (Å²) in [6.45, 7) is 0.135. The van der Waals surface area contributed by atoms with E-state index in [1.54, 1.807) is 18.5 Å². The highest BCUT2D eigenvalue weighted by Gasteiger charge is 2.16. The fraction of sp³-hybridized carbons (Fsp3) is 0.0952. The van der Waals surface area contributed by atoms with Crippen LogP contribution in [0.25, 0.3) is 0 Å². The molecule has 7 nitrogen and oxygen atoms in total. The maximum Gasteiger partial charge on any atom is 0.277 e. The number of rotatable bonds is 7. The number of aromatic nitrogens is 4.